The molecule has 0 bridgehead atoms. The smallest absolute Gasteiger partial charge is 0.477 e. The molecule has 116 valence electrons. The van der Waals surface area contributed by atoms with Gasteiger partial charge in [-0.2, -0.15) is 13.2 Å². The molecule has 0 radical (unpaired) electrons. The van der Waals surface area contributed by atoms with Crippen LogP contribution in [0.25, 0.3) is 0 Å². The summed E-state index contributed by atoms with van der Waals surface area (Å²) in [4.78, 5) is 23.0. The molecule has 1 fully saturated rings. The maximum absolute atomic E-state index is 13.7. The fourth-order valence-corrected chi connectivity index (χ4v) is 1.33. The van der Waals surface area contributed by atoms with Gasteiger partial charge in [0.25, 0.3) is 0 Å². The molecule has 1 aliphatic rings. The fraction of sp³-hybridized carbons (Fsp3) is 0.364. The minimum Gasteiger partial charge on any atom is -0.477 e. The second-order valence-corrected chi connectivity index (χ2v) is 4.11. The Bertz CT molecular complexity index is 526. The average Bonchev–Trinajstić information content (AvgIpc) is 2.35. The molecule has 3 N–H and O–H groups in total. The van der Waals surface area contributed by atoms with Crippen molar-refractivity contribution in [1.82, 2.24) is 10.3 Å². The highest BCUT2D eigenvalue weighted by atomic mass is 19.4. The SMILES string of the molecule is O=C(O)C(F)(F)F.O=C(O)c1ccc(C2(F)CNC2)cn1. The van der Waals surface area contributed by atoms with E-state index in [1.807, 2.05) is 0 Å². The van der Waals surface area contributed by atoms with Crippen LogP contribution in [0.1, 0.15) is 16.1 Å². The lowest BCUT2D eigenvalue weighted by Gasteiger charge is -2.34. The first kappa shape index (κ1) is 16.8. The van der Waals surface area contributed by atoms with Crippen LogP contribution in [-0.4, -0.2) is 46.4 Å². The van der Waals surface area contributed by atoms with Crippen LogP contribution in [0.15, 0.2) is 18.3 Å². The van der Waals surface area contributed by atoms with E-state index in [4.69, 9.17) is 15.0 Å². The Morgan fingerprint density at radius 1 is 1.24 bits per heavy atom. The van der Waals surface area contributed by atoms with Crippen molar-refractivity contribution in [1.29, 1.82) is 0 Å². The topological polar surface area (TPSA) is 99.5 Å². The van der Waals surface area contributed by atoms with Gasteiger partial charge in [-0.05, 0) is 6.07 Å². The van der Waals surface area contributed by atoms with Crippen molar-refractivity contribution in [3.05, 3.63) is 29.6 Å². The Morgan fingerprint density at radius 2 is 1.76 bits per heavy atom. The van der Waals surface area contributed by atoms with Crippen molar-refractivity contribution in [2.24, 2.45) is 0 Å². The quantitative estimate of drug-likeness (QED) is 0.709. The number of hydrogen-bond acceptors (Lipinski definition) is 4. The van der Waals surface area contributed by atoms with Gasteiger partial charge >= 0.3 is 18.1 Å². The van der Waals surface area contributed by atoms with E-state index in [9.17, 15) is 22.4 Å². The van der Waals surface area contributed by atoms with Gasteiger partial charge in [0.2, 0.25) is 0 Å². The Hall–Kier alpha value is -2.23. The molecule has 6 nitrogen and oxygen atoms in total. The van der Waals surface area contributed by atoms with Crippen LogP contribution >= 0.6 is 0 Å². The van der Waals surface area contributed by atoms with E-state index in [0.29, 0.717) is 5.56 Å². The first-order valence-electron chi connectivity index (χ1n) is 5.46. The van der Waals surface area contributed by atoms with Gasteiger partial charge in [0, 0.05) is 24.8 Å². The predicted molar refractivity (Wildman–Crippen MR) is 60.5 cm³/mol. The fourth-order valence-electron chi connectivity index (χ4n) is 1.33. The molecule has 10 heteroatoms. The number of alkyl halides is 4. The highest BCUT2D eigenvalue weighted by Crippen LogP contribution is 2.29. The molecular formula is C11H10F4N2O4. The van der Waals surface area contributed by atoms with E-state index in [1.165, 1.54) is 18.3 Å². The number of aliphatic carboxylic acids is 1. The van der Waals surface area contributed by atoms with Gasteiger partial charge in [-0.25, -0.2) is 19.0 Å². The summed E-state index contributed by atoms with van der Waals surface area (Å²) in [6.45, 7) is 0.530. The second kappa shape index (κ2) is 6.04. The van der Waals surface area contributed by atoms with E-state index in [1.54, 1.807) is 0 Å². The number of halogens is 4. The molecule has 1 aliphatic heterocycles. The molecule has 0 aromatic carbocycles. The molecule has 1 aromatic heterocycles. The van der Waals surface area contributed by atoms with Gasteiger partial charge in [0.1, 0.15) is 5.69 Å². The Labute approximate surface area is 115 Å². The Balaban J connectivity index is 0.000000270. The molecule has 21 heavy (non-hydrogen) atoms. The van der Waals surface area contributed by atoms with Gasteiger partial charge in [-0.15, -0.1) is 0 Å². The van der Waals surface area contributed by atoms with E-state index >= 15 is 0 Å². The zero-order valence-corrected chi connectivity index (χ0v) is 10.3. The lowest BCUT2D eigenvalue weighted by molar-refractivity contribution is -0.192. The first-order chi connectivity index (χ1) is 9.56. The largest absolute Gasteiger partial charge is 0.490 e. The number of aromatic nitrogens is 1. The van der Waals surface area contributed by atoms with Crippen LogP contribution < -0.4 is 5.32 Å². The highest BCUT2D eigenvalue weighted by molar-refractivity contribution is 5.85. The van der Waals surface area contributed by atoms with Gasteiger partial charge < -0.3 is 15.5 Å². The summed E-state index contributed by atoms with van der Waals surface area (Å²) in [5, 5.41) is 18.5. The van der Waals surface area contributed by atoms with Crippen LogP contribution in [0.3, 0.4) is 0 Å². The molecule has 2 rings (SSSR count). The number of nitrogens with one attached hydrogen (secondary N) is 1. The summed E-state index contributed by atoms with van der Waals surface area (Å²) in [5.41, 5.74) is -1.00. The van der Waals surface area contributed by atoms with Crippen molar-refractivity contribution >= 4 is 11.9 Å². The summed E-state index contributed by atoms with van der Waals surface area (Å²) >= 11 is 0. The Morgan fingerprint density at radius 3 is 2.00 bits per heavy atom. The third-order valence-corrected chi connectivity index (χ3v) is 2.55. The molecule has 0 unspecified atom stereocenters. The molecule has 2 heterocycles. The van der Waals surface area contributed by atoms with Crippen molar-refractivity contribution < 1.29 is 37.4 Å². The minimum absolute atomic E-state index is 0.0652. The minimum atomic E-state index is -5.08. The summed E-state index contributed by atoms with van der Waals surface area (Å²) in [6.07, 6.45) is -3.80. The number of carboxylic acid groups (broad SMARTS) is 2. The number of hydrogen-bond donors (Lipinski definition) is 3. The van der Waals surface area contributed by atoms with E-state index in [-0.39, 0.29) is 18.8 Å². The van der Waals surface area contributed by atoms with Crippen molar-refractivity contribution in [3.8, 4) is 0 Å². The second-order valence-electron chi connectivity index (χ2n) is 4.11. The van der Waals surface area contributed by atoms with Crippen LogP contribution in [0.4, 0.5) is 17.6 Å². The molecule has 0 amide bonds. The van der Waals surface area contributed by atoms with Gasteiger partial charge in [-0.3, -0.25) is 0 Å². The predicted octanol–water partition coefficient (Wildman–Crippen LogP) is 1.18. The summed E-state index contributed by atoms with van der Waals surface area (Å²) in [6, 6.07) is 2.79. The third-order valence-electron chi connectivity index (χ3n) is 2.55. The summed E-state index contributed by atoms with van der Waals surface area (Å²) in [5.74, 6) is -3.86. The summed E-state index contributed by atoms with van der Waals surface area (Å²) < 4.78 is 45.5. The highest BCUT2D eigenvalue weighted by Gasteiger charge is 2.39. The number of carboxylic acids is 2. The molecule has 0 atom stereocenters. The molecule has 0 aliphatic carbocycles. The van der Waals surface area contributed by atoms with Crippen LogP contribution in [0, 0.1) is 0 Å². The molecule has 1 saturated heterocycles. The van der Waals surface area contributed by atoms with Gasteiger partial charge in [-0.1, -0.05) is 6.07 Å². The lowest BCUT2D eigenvalue weighted by Crippen LogP contribution is -2.53. The van der Waals surface area contributed by atoms with Crippen LogP contribution in [-0.2, 0) is 10.5 Å². The monoisotopic (exact) mass is 310 g/mol. The zero-order valence-electron chi connectivity index (χ0n) is 10.3. The number of aromatic carboxylic acids is 1. The van der Waals surface area contributed by atoms with E-state index in [2.05, 4.69) is 10.3 Å². The molecular weight excluding hydrogens is 300 g/mol. The van der Waals surface area contributed by atoms with E-state index in [0.717, 1.165) is 0 Å². The van der Waals surface area contributed by atoms with Crippen molar-refractivity contribution in [2.75, 3.05) is 13.1 Å². The number of pyridine rings is 1. The Kier molecular flexibility index (Phi) is 4.84. The molecule has 0 saturated carbocycles. The lowest BCUT2D eigenvalue weighted by atomic mass is 9.91. The molecule has 0 spiro atoms. The first-order valence-corrected chi connectivity index (χ1v) is 5.46. The zero-order chi connectivity index (χ0) is 16.3. The van der Waals surface area contributed by atoms with Crippen LogP contribution in [0.5, 0.6) is 0 Å². The van der Waals surface area contributed by atoms with E-state index < -0.39 is 23.8 Å². The standard InChI is InChI=1S/C9H9FN2O2.C2HF3O2/c10-9(4-11-5-9)6-1-2-7(8(13)14)12-3-6;3-2(4,5)1(6)7/h1-3,11H,4-5H2,(H,13,14);(H,6,7). The van der Waals surface area contributed by atoms with Crippen molar-refractivity contribution in [3.63, 3.8) is 0 Å². The maximum Gasteiger partial charge on any atom is 0.490 e. The van der Waals surface area contributed by atoms with Gasteiger partial charge in [0.05, 0.1) is 0 Å². The number of rotatable bonds is 2. The van der Waals surface area contributed by atoms with Crippen LogP contribution in [0.2, 0.25) is 0 Å². The maximum atomic E-state index is 13.7. The van der Waals surface area contributed by atoms with Gasteiger partial charge in [0.15, 0.2) is 5.67 Å². The molecule has 1 aromatic rings. The average molecular weight is 310 g/mol. The number of carbonyl (C=O) groups is 2. The number of nitrogens with zero attached hydrogens (tertiary/aromatic N) is 1. The normalized spacial score (nSPS) is 16.2. The van der Waals surface area contributed by atoms with Crippen molar-refractivity contribution in [2.45, 2.75) is 11.8 Å². The third kappa shape index (κ3) is 4.38. The summed E-state index contributed by atoms with van der Waals surface area (Å²) in [7, 11) is 0.